The second-order valence-electron chi connectivity index (χ2n) is 8.54. The molecule has 39 heavy (non-hydrogen) atoms. The molecule has 0 saturated carbocycles. The molecule has 0 amide bonds. The highest BCUT2D eigenvalue weighted by Crippen LogP contribution is 2.61. The van der Waals surface area contributed by atoms with Gasteiger partial charge in [-0.15, -0.1) is 0 Å². The van der Waals surface area contributed by atoms with E-state index in [1.165, 1.54) is 36.4 Å². The number of benzene rings is 4. The van der Waals surface area contributed by atoms with Crippen molar-refractivity contribution in [2.24, 2.45) is 0 Å². The Morgan fingerprint density at radius 2 is 1.10 bits per heavy atom. The quantitative estimate of drug-likeness (QED) is 0.108. The van der Waals surface area contributed by atoms with Crippen molar-refractivity contribution in [2.45, 2.75) is 25.5 Å². The first-order chi connectivity index (χ1) is 18.9. The molecule has 0 aliphatic heterocycles. The SMILES string of the molecule is O=[N+]([O-])c1ccccc1COP(=O)(OCc1ccccc1[N+](=O)[O-])[C@@H](NCc1ccccc1)c1ccccc1. The molecule has 0 saturated heterocycles. The molecule has 0 heterocycles. The Kier molecular flexibility index (Phi) is 9.30. The molecule has 10 nitrogen and oxygen atoms in total. The van der Waals surface area contributed by atoms with Crippen molar-refractivity contribution in [1.82, 2.24) is 5.32 Å². The summed E-state index contributed by atoms with van der Waals surface area (Å²) in [6, 6.07) is 30.3. The lowest BCUT2D eigenvalue weighted by atomic mass is 10.2. The smallest absolute Gasteiger partial charge is 0.302 e. The molecule has 4 aromatic rings. The number of rotatable bonds is 13. The average Bonchev–Trinajstić information content (AvgIpc) is 2.96. The zero-order valence-corrected chi connectivity index (χ0v) is 21.7. The molecule has 200 valence electrons. The van der Waals surface area contributed by atoms with E-state index >= 15 is 0 Å². The van der Waals surface area contributed by atoms with E-state index in [0.29, 0.717) is 12.1 Å². The largest absolute Gasteiger partial charge is 0.352 e. The highest BCUT2D eigenvalue weighted by molar-refractivity contribution is 7.54. The lowest BCUT2D eigenvalue weighted by molar-refractivity contribution is -0.385. The zero-order valence-electron chi connectivity index (χ0n) is 20.8. The minimum Gasteiger partial charge on any atom is -0.302 e. The summed E-state index contributed by atoms with van der Waals surface area (Å²) < 4.78 is 26.5. The van der Waals surface area contributed by atoms with Gasteiger partial charge in [-0.3, -0.25) is 30.1 Å². The molecule has 0 aromatic heterocycles. The van der Waals surface area contributed by atoms with Crippen molar-refractivity contribution in [3.05, 3.63) is 152 Å². The van der Waals surface area contributed by atoms with Gasteiger partial charge in [0.1, 0.15) is 5.78 Å². The third-order valence-electron chi connectivity index (χ3n) is 5.95. The summed E-state index contributed by atoms with van der Waals surface area (Å²) >= 11 is 0. The average molecular weight is 548 g/mol. The van der Waals surface area contributed by atoms with Crippen LogP contribution in [0.5, 0.6) is 0 Å². The minimum atomic E-state index is -4.18. The third-order valence-corrected chi connectivity index (χ3v) is 8.04. The summed E-state index contributed by atoms with van der Waals surface area (Å²) in [5, 5.41) is 26.4. The van der Waals surface area contributed by atoms with E-state index in [-0.39, 0.29) is 35.7 Å². The van der Waals surface area contributed by atoms with Crippen LogP contribution in [0.15, 0.2) is 109 Å². The molecule has 1 N–H and O–H groups in total. The van der Waals surface area contributed by atoms with Gasteiger partial charge in [0.05, 0.1) is 34.2 Å². The third kappa shape index (κ3) is 7.22. The Bertz CT molecular complexity index is 1400. The number of nitro groups is 2. The lowest BCUT2D eigenvalue weighted by Crippen LogP contribution is -2.23. The first-order valence-electron chi connectivity index (χ1n) is 12.0. The summed E-state index contributed by atoms with van der Waals surface area (Å²) in [6.07, 6.45) is 0. The van der Waals surface area contributed by atoms with E-state index < -0.39 is 23.2 Å². The number of nitrogens with zero attached hydrogens (tertiary/aromatic N) is 2. The van der Waals surface area contributed by atoms with E-state index in [9.17, 15) is 24.8 Å². The Labute approximate surface area is 225 Å². The molecule has 0 radical (unpaired) electrons. The molecule has 1 atom stereocenters. The van der Waals surface area contributed by atoms with E-state index in [1.54, 1.807) is 36.4 Å². The van der Waals surface area contributed by atoms with Crippen LogP contribution in [0.25, 0.3) is 0 Å². The first kappa shape index (κ1) is 27.8. The van der Waals surface area contributed by atoms with Gasteiger partial charge >= 0.3 is 7.60 Å². The van der Waals surface area contributed by atoms with Gasteiger partial charge < -0.3 is 9.05 Å². The Hall–Kier alpha value is -4.21. The van der Waals surface area contributed by atoms with Crippen LogP contribution in [0.1, 0.15) is 28.0 Å². The fourth-order valence-electron chi connectivity index (χ4n) is 3.99. The standard InChI is InChI=1S/C28H26N3O7P/c32-30(33)26-17-9-7-15-24(26)20-37-39(36,38-21-25-16-8-10-18-27(25)31(34)35)28(23-13-5-2-6-14-23)29-19-22-11-3-1-4-12-22/h1-18,28-29H,19-21H2/t28-/m1/s1. The summed E-state index contributed by atoms with van der Waals surface area (Å²) in [7, 11) is -4.18. The van der Waals surface area contributed by atoms with E-state index in [1.807, 2.05) is 36.4 Å². The molecular formula is C28H26N3O7P. The second-order valence-corrected chi connectivity index (χ2v) is 10.7. The monoisotopic (exact) mass is 547 g/mol. The van der Waals surface area contributed by atoms with Gasteiger partial charge in [-0.25, -0.2) is 0 Å². The summed E-state index contributed by atoms with van der Waals surface area (Å²) in [5.74, 6) is -0.982. The van der Waals surface area contributed by atoms with Crippen molar-refractivity contribution in [1.29, 1.82) is 0 Å². The molecule has 0 aliphatic carbocycles. The van der Waals surface area contributed by atoms with Crippen LogP contribution in [-0.2, 0) is 33.4 Å². The maximum atomic E-state index is 14.6. The van der Waals surface area contributed by atoms with Crippen LogP contribution in [0.2, 0.25) is 0 Å². The molecule has 0 unspecified atom stereocenters. The topological polar surface area (TPSA) is 134 Å². The Morgan fingerprint density at radius 3 is 1.59 bits per heavy atom. The van der Waals surface area contributed by atoms with Crippen LogP contribution < -0.4 is 5.32 Å². The van der Waals surface area contributed by atoms with Gasteiger partial charge in [-0.2, -0.15) is 0 Å². The zero-order chi connectivity index (χ0) is 27.7. The maximum absolute atomic E-state index is 14.6. The van der Waals surface area contributed by atoms with Crippen molar-refractivity contribution in [3.8, 4) is 0 Å². The van der Waals surface area contributed by atoms with Crippen LogP contribution in [0, 0.1) is 20.2 Å². The van der Waals surface area contributed by atoms with Gasteiger partial charge in [0, 0.05) is 18.7 Å². The Balaban J connectivity index is 1.70. The number of hydrogen-bond acceptors (Lipinski definition) is 8. The van der Waals surface area contributed by atoms with Crippen LogP contribution in [0.3, 0.4) is 0 Å². The molecule has 4 rings (SSSR count). The van der Waals surface area contributed by atoms with Crippen molar-refractivity contribution in [3.63, 3.8) is 0 Å². The molecule has 0 bridgehead atoms. The number of nitrogens with one attached hydrogen (secondary N) is 1. The fraction of sp³-hybridized carbons (Fsp3) is 0.143. The number of nitro benzene ring substituents is 2. The first-order valence-corrected chi connectivity index (χ1v) is 13.6. The highest BCUT2D eigenvalue weighted by atomic mass is 31.2. The van der Waals surface area contributed by atoms with Crippen LogP contribution in [-0.4, -0.2) is 9.85 Å². The summed E-state index contributed by atoms with van der Waals surface area (Å²) in [6.45, 7) is -0.433. The van der Waals surface area contributed by atoms with Crippen molar-refractivity contribution >= 4 is 19.0 Å². The lowest BCUT2D eigenvalue weighted by Gasteiger charge is -2.28. The van der Waals surface area contributed by atoms with Crippen molar-refractivity contribution in [2.75, 3.05) is 0 Å². The Morgan fingerprint density at radius 1 is 0.667 bits per heavy atom. The van der Waals surface area contributed by atoms with Gasteiger partial charge in [0.25, 0.3) is 11.4 Å². The molecule has 0 fully saturated rings. The number of hydrogen-bond donors (Lipinski definition) is 1. The van der Waals surface area contributed by atoms with Crippen LogP contribution >= 0.6 is 7.60 Å². The van der Waals surface area contributed by atoms with Gasteiger partial charge in [0.2, 0.25) is 0 Å². The predicted octanol–water partition coefficient (Wildman–Crippen LogP) is 6.92. The van der Waals surface area contributed by atoms with E-state index in [2.05, 4.69) is 5.32 Å². The molecular weight excluding hydrogens is 521 g/mol. The van der Waals surface area contributed by atoms with Gasteiger partial charge in [0.15, 0.2) is 0 Å². The maximum Gasteiger partial charge on any atom is 0.352 e. The number of para-hydroxylation sites is 2. The van der Waals surface area contributed by atoms with E-state index in [0.717, 1.165) is 5.56 Å². The second kappa shape index (κ2) is 13.0. The van der Waals surface area contributed by atoms with Gasteiger partial charge in [-0.1, -0.05) is 84.9 Å². The van der Waals surface area contributed by atoms with E-state index in [4.69, 9.17) is 9.05 Å². The normalized spacial score (nSPS) is 12.1. The predicted molar refractivity (Wildman–Crippen MR) is 146 cm³/mol. The van der Waals surface area contributed by atoms with Crippen LogP contribution in [0.4, 0.5) is 11.4 Å². The molecule has 11 heteroatoms. The van der Waals surface area contributed by atoms with Gasteiger partial charge in [-0.05, 0) is 23.3 Å². The summed E-state index contributed by atoms with van der Waals surface area (Å²) in [5.41, 5.74) is 1.58. The fourth-order valence-corrected chi connectivity index (χ4v) is 5.85. The molecule has 0 aliphatic rings. The van der Waals surface area contributed by atoms with Crippen molar-refractivity contribution < 1.29 is 23.5 Å². The minimum absolute atomic E-state index is 0.184. The molecule has 0 spiro atoms. The highest BCUT2D eigenvalue weighted by Gasteiger charge is 2.38. The molecule has 4 aromatic carbocycles. The summed E-state index contributed by atoms with van der Waals surface area (Å²) in [4.78, 5) is 22.0.